The highest BCUT2D eigenvalue weighted by atomic mass is 35.5. The first-order valence-electron chi connectivity index (χ1n) is 10.7. The number of hydrogen-bond acceptors (Lipinski definition) is 3. The lowest BCUT2D eigenvalue weighted by molar-refractivity contribution is 0.0701. The highest BCUT2D eigenvalue weighted by Crippen LogP contribution is 2.27. The van der Waals surface area contributed by atoms with E-state index in [4.69, 9.17) is 11.6 Å². The number of hydrogen-bond donors (Lipinski definition) is 1. The molecule has 1 saturated heterocycles. The summed E-state index contributed by atoms with van der Waals surface area (Å²) in [6.07, 6.45) is 6.98. The molecule has 1 amide bonds. The summed E-state index contributed by atoms with van der Waals surface area (Å²) >= 11 is 5.94. The predicted octanol–water partition coefficient (Wildman–Crippen LogP) is 6.19. The van der Waals surface area contributed by atoms with Gasteiger partial charge in [-0.15, -0.1) is 0 Å². The van der Waals surface area contributed by atoms with Crippen molar-refractivity contribution in [1.29, 1.82) is 0 Å². The van der Waals surface area contributed by atoms with Gasteiger partial charge in [-0.05, 0) is 62.1 Å². The number of nitrogens with one attached hydrogen (secondary N) is 1. The maximum absolute atomic E-state index is 13.0. The molecule has 0 radical (unpaired) electrons. The number of nitrogens with zero attached hydrogens (tertiary/aromatic N) is 2. The number of allylic oxidation sites excluding steroid dienone is 2. The summed E-state index contributed by atoms with van der Waals surface area (Å²) in [5.41, 5.74) is 3.98. The van der Waals surface area contributed by atoms with Crippen LogP contribution in [0.1, 0.15) is 49.0 Å². The van der Waals surface area contributed by atoms with Crippen LogP contribution in [-0.2, 0) is 6.54 Å². The summed E-state index contributed by atoms with van der Waals surface area (Å²) in [4.78, 5) is 19.5. The van der Waals surface area contributed by atoms with Gasteiger partial charge in [-0.2, -0.15) is 0 Å². The normalized spacial score (nSPS) is 15.6. The van der Waals surface area contributed by atoms with E-state index in [-0.39, 0.29) is 5.91 Å². The van der Waals surface area contributed by atoms with Crippen LogP contribution in [0.3, 0.4) is 0 Å². The van der Waals surface area contributed by atoms with Crippen molar-refractivity contribution in [2.45, 2.75) is 39.7 Å². The van der Waals surface area contributed by atoms with Crippen LogP contribution in [0.4, 0.5) is 5.69 Å². The SMILES string of the molecule is CC=N/C(=C\CC)C1CCN(C(=O)c2cccc(NCc3ccc(Cl)cc3)c2)CC1. The van der Waals surface area contributed by atoms with E-state index in [0.29, 0.717) is 12.5 Å². The van der Waals surface area contributed by atoms with Gasteiger partial charge in [0.2, 0.25) is 0 Å². The van der Waals surface area contributed by atoms with Gasteiger partial charge in [-0.25, -0.2) is 0 Å². The van der Waals surface area contributed by atoms with Crippen molar-refractivity contribution < 1.29 is 4.79 Å². The fraction of sp³-hybridized carbons (Fsp3) is 0.360. The number of anilines is 1. The maximum atomic E-state index is 13.0. The summed E-state index contributed by atoms with van der Waals surface area (Å²) < 4.78 is 0. The molecule has 2 aromatic rings. The first-order valence-corrected chi connectivity index (χ1v) is 11.0. The topological polar surface area (TPSA) is 44.7 Å². The third-order valence-electron chi connectivity index (χ3n) is 5.41. The van der Waals surface area contributed by atoms with E-state index in [0.717, 1.165) is 54.2 Å². The Bertz CT molecular complexity index is 897. The Balaban J connectivity index is 1.59. The lowest BCUT2D eigenvalue weighted by atomic mass is 9.92. The van der Waals surface area contributed by atoms with Gasteiger partial charge >= 0.3 is 0 Å². The van der Waals surface area contributed by atoms with Gasteiger partial charge < -0.3 is 10.2 Å². The van der Waals surface area contributed by atoms with Gasteiger partial charge in [-0.3, -0.25) is 9.79 Å². The third kappa shape index (κ3) is 5.96. The van der Waals surface area contributed by atoms with E-state index < -0.39 is 0 Å². The molecule has 0 aromatic heterocycles. The van der Waals surface area contributed by atoms with Gasteiger partial charge in [0.15, 0.2) is 0 Å². The van der Waals surface area contributed by atoms with Crippen molar-refractivity contribution in [3.8, 4) is 0 Å². The second-order valence-electron chi connectivity index (χ2n) is 7.55. The van der Waals surface area contributed by atoms with Crippen molar-refractivity contribution in [2.75, 3.05) is 18.4 Å². The number of amides is 1. The minimum Gasteiger partial charge on any atom is -0.381 e. The Labute approximate surface area is 184 Å². The average molecular weight is 424 g/mol. The first kappa shape index (κ1) is 22.1. The molecule has 1 aliphatic heterocycles. The third-order valence-corrected chi connectivity index (χ3v) is 5.66. The van der Waals surface area contributed by atoms with Crippen LogP contribution in [0.25, 0.3) is 0 Å². The number of rotatable bonds is 7. The molecule has 0 saturated carbocycles. The van der Waals surface area contributed by atoms with Crippen LogP contribution >= 0.6 is 11.6 Å². The van der Waals surface area contributed by atoms with Crippen LogP contribution < -0.4 is 5.32 Å². The van der Waals surface area contributed by atoms with Gasteiger partial charge in [-0.1, -0.05) is 42.8 Å². The molecule has 0 atom stereocenters. The van der Waals surface area contributed by atoms with Crippen molar-refractivity contribution in [3.63, 3.8) is 0 Å². The quantitative estimate of drug-likeness (QED) is 0.539. The van der Waals surface area contributed by atoms with Gasteiger partial charge in [0.1, 0.15) is 0 Å². The van der Waals surface area contributed by atoms with Crippen LogP contribution in [0.15, 0.2) is 65.3 Å². The molecule has 158 valence electrons. The molecule has 0 unspecified atom stereocenters. The van der Waals surface area contributed by atoms with Crippen LogP contribution in [0, 0.1) is 5.92 Å². The van der Waals surface area contributed by atoms with E-state index >= 15 is 0 Å². The molecule has 0 aliphatic carbocycles. The Morgan fingerprint density at radius 3 is 2.60 bits per heavy atom. The van der Waals surface area contributed by atoms with Gasteiger partial charge in [0.25, 0.3) is 5.91 Å². The Kier molecular flexibility index (Phi) is 8.09. The van der Waals surface area contributed by atoms with Crippen LogP contribution in [0.2, 0.25) is 5.02 Å². The summed E-state index contributed by atoms with van der Waals surface area (Å²) in [6.45, 7) is 6.32. The fourth-order valence-electron chi connectivity index (χ4n) is 3.81. The standard InChI is InChI=1S/C25H30ClN3O/c1-3-6-24(27-4-2)20-13-15-29(16-14-20)25(30)21-7-5-8-23(17-21)28-18-19-9-11-22(26)12-10-19/h4-12,17,20,28H,3,13-16,18H2,1-2H3/b24-6-,27-4?. The fourth-order valence-corrected chi connectivity index (χ4v) is 3.94. The highest BCUT2D eigenvalue weighted by molar-refractivity contribution is 6.30. The molecule has 0 bridgehead atoms. The molecule has 2 aromatic carbocycles. The number of carbonyl (C=O) groups excluding carboxylic acids is 1. The van der Waals surface area contributed by atoms with E-state index in [1.807, 2.05) is 66.6 Å². The Hall–Kier alpha value is -2.59. The zero-order valence-corrected chi connectivity index (χ0v) is 18.5. The smallest absolute Gasteiger partial charge is 0.253 e. The minimum atomic E-state index is 0.101. The number of piperidine rings is 1. The predicted molar refractivity (Wildman–Crippen MR) is 126 cm³/mol. The first-order chi connectivity index (χ1) is 14.6. The lowest BCUT2D eigenvalue weighted by Crippen LogP contribution is -2.38. The molecule has 1 fully saturated rings. The number of aliphatic imine (C=N–C) groups is 1. The minimum absolute atomic E-state index is 0.101. The van der Waals surface area contributed by atoms with E-state index in [1.165, 1.54) is 5.70 Å². The molecule has 4 nitrogen and oxygen atoms in total. The molecule has 3 rings (SSSR count). The molecule has 1 heterocycles. The second kappa shape index (κ2) is 11.0. The van der Waals surface area contributed by atoms with Crippen LogP contribution in [0.5, 0.6) is 0 Å². The molecule has 1 aliphatic rings. The van der Waals surface area contributed by atoms with E-state index in [9.17, 15) is 4.79 Å². The van der Waals surface area contributed by atoms with Gasteiger partial charge in [0, 0.05) is 53.7 Å². The molecule has 0 spiro atoms. The molecule has 5 heteroatoms. The number of benzene rings is 2. The summed E-state index contributed by atoms with van der Waals surface area (Å²) in [6, 6.07) is 15.5. The summed E-state index contributed by atoms with van der Waals surface area (Å²) in [5.74, 6) is 0.543. The number of halogens is 1. The second-order valence-corrected chi connectivity index (χ2v) is 7.99. The van der Waals surface area contributed by atoms with E-state index in [1.54, 1.807) is 0 Å². The molecule has 30 heavy (non-hydrogen) atoms. The van der Waals surface area contributed by atoms with Crippen molar-refractivity contribution in [3.05, 3.63) is 76.5 Å². The Morgan fingerprint density at radius 2 is 1.93 bits per heavy atom. The van der Waals surface area contributed by atoms with E-state index in [2.05, 4.69) is 23.3 Å². The summed E-state index contributed by atoms with van der Waals surface area (Å²) in [7, 11) is 0. The van der Waals surface area contributed by atoms with Crippen LogP contribution in [-0.4, -0.2) is 30.1 Å². The Morgan fingerprint density at radius 1 is 1.20 bits per heavy atom. The largest absolute Gasteiger partial charge is 0.381 e. The molecule has 1 N–H and O–H groups in total. The van der Waals surface area contributed by atoms with Crippen molar-refractivity contribution in [2.24, 2.45) is 10.9 Å². The maximum Gasteiger partial charge on any atom is 0.253 e. The van der Waals surface area contributed by atoms with Crippen molar-refractivity contribution >= 4 is 29.4 Å². The average Bonchev–Trinajstić information content (AvgIpc) is 2.78. The number of likely N-dealkylation sites (tertiary alicyclic amines) is 1. The van der Waals surface area contributed by atoms with Gasteiger partial charge in [0.05, 0.1) is 0 Å². The zero-order valence-electron chi connectivity index (χ0n) is 17.8. The molecular formula is C25H30ClN3O. The molecular weight excluding hydrogens is 394 g/mol. The monoisotopic (exact) mass is 423 g/mol. The summed E-state index contributed by atoms with van der Waals surface area (Å²) in [5, 5.41) is 4.12. The number of carbonyl (C=O) groups is 1. The van der Waals surface area contributed by atoms with Crippen molar-refractivity contribution in [1.82, 2.24) is 4.90 Å². The lowest BCUT2D eigenvalue weighted by Gasteiger charge is -2.32. The highest BCUT2D eigenvalue weighted by Gasteiger charge is 2.25. The zero-order chi connectivity index (χ0) is 21.3.